The Morgan fingerprint density at radius 2 is 1.75 bits per heavy atom. The number of hydrogen-bond acceptors (Lipinski definition) is 10. The van der Waals surface area contributed by atoms with Gasteiger partial charge in [0, 0.05) is 41.2 Å². The van der Waals surface area contributed by atoms with Crippen molar-refractivity contribution in [3.8, 4) is 11.5 Å². The van der Waals surface area contributed by atoms with Crippen molar-refractivity contribution in [2.24, 2.45) is 0 Å². The fourth-order valence-corrected chi connectivity index (χ4v) is 5.33. The van der Waals surface area contributed by atoms with Crippen LogP contribution >= 0.6 is 0 Å². The van der Waals surface area contributed by atoms with Crippen molar-refractivity contribution >= 4 is 23.6 Å². The Labute approximate surface area is 205 Å². The Hall–Kier alpha value is -3.57. The molecule has 1 aliphatic heterocycles. The molecule has 0 unspecified atom stereocenters. The molecule has 0 aromatic heterocycles. The molecule has 36 heavy (non-hydrogen) atoms. The van der Waals surface area contributed by atoms with Gasteiger partial charge < -0.3 is 34.6 Å². The summed E-state index contributed by atoms with van der Waals surface area (Å²) >= 11 is 0. The summed E-state index contributed by atoms with van der Waals surface area (Å²) in [5.74, 6) is -4.92. The molecule has 0 radical (unpaired) electrons. The molecule has 1 saturated heterocycles. The van der Waals surface area contributed by atoms with Gasteiger partial charge in [-0.1, -0.05) is 18.2 Å². The number of ether oxygens (including phenoxy) is 3. The molecule has 0 spiro atoms. The van der Waals surface area contributed by atoms with Crippen LogP contribution < -0.4 is 0 Å². The Kier molecular flexibility index (Phi) is 5.53. The van der Waals surface area contributed by atoms with E-state index >= 15 is 0 Å². The number of rotatable bonds is 3. The third-order valence-corrected chi connectivity index (χ3v) is 7.23. The molecule has 1 heterocycles. The minimum absolute atomic E-state index is 0.0322. The lowest BCUT2D eigenvalue weighted by Gasteiger charge is -2.45. The lowest BCUT2D eigenvalue weighted by atomic mass is 9.70. The molecule has 0 bridgehead atoms. The third-order valence-electron chi connectivity index (χ3n) is 7.23. The number of fused-ring (bicyclic) bond motifs is 3. The highest BCUT2D eigenvalue weighted by molar-refractivity contribution is 6.31. The Morgan fingerprint density at radius 1 is 1.08 bits per heavy atom. The molecule has 188 valence electrons. The number of aliphatic hydroxyl groups is 2. The van der Waals surface area contributed by atoms with Crippen LogP contribution in [0.4, 0.5) is 0 Å². The summed E-state index contributed by atoms with van der Waals surface area (Å²) < 4.78 is 15.7. The molecule has 2 atom stereocenters. The highest BCUT2D eigenvalue weighted by Gasteiger charge is 2.56. The zero-order valence-corrected chi connectivity index (χ0v) is 19.5. The van der Waals surface area contributed by atoms with Crippen LogP contribution in [0.25, 0.3) is 6.08 Å². The van der Waals surface area contributed by atoms with Crippen molar-refractivity contribution in [1.82, 2.24) is 0 Å². The van der Waals surface area contributed by atoms with Crippen LogP contribution in [-0.4, -0.2) is 69.7 Å². The van der Waals surface area contributed by atoms with Crippen LogP contribution in [0.15, 0.2) is 24.3 Å². The summed E-state index contributed by atoms with van der Waals surface area (Å²) in [5.41, 5.74) is -2.75. The normalized spacial score (nSPS) is 24.4. The van der Waals surface area contributed by atoms with Crippen molar-refractivity contribution in [3.05, 3.63) is 63.2 Å². The second-order valence-electron chi connectivity index (χ2n) is 9.19. The Bertz CT molecular complexity index is 1350. The van der Waals surface area contributed by atoms with Gasteiger partial charge in [-0.3, -0.25) is 9.59 Å². The molecule has 2 aromatic carbocycles. The first kappa shape index (κ1) is 24.1. The zero-order valence-electron chi connectivity index (χ0n) is 19.5. The quantitative estimate of drug-likeness (QED) is 0.238. The van der Waals surface area contributed by atoms with Crippen LogP contribution in [0, 0.1) is 0 Å². The highest BCUT2D eigenvalue weighted by atomic mass is 16.7. The first-order chi connectivity index (χ1) is 17.0. The second-order valence-corrected chi connectivity index (χ2v) is 9.19. The van der Waals surface area contributed by atoms with E-state index in [1.54, 1.807) is 0 Å². The topological polar surface area (TPSA) is 160 Å². The molecule has 2 aliphatic carbocycles. The Balaban J connectivity index is 1.68. The van der Waals surface area contributed by atoms with E-state index in [1.165, 1.54) is 38.3 Å². The van der Waals surface area contributed by atoms with Gasteiger partial charge in [-0.2, -0.15) is 0 Å². The molecule has 5 rings (SSSR count). The van der Waals surface area contributed by atoms with Gasteiger partial charge in [0.05, 0.1) is 37.6 Å². The summed E-state index contributed by atoms with van der Waals surface area (Å²) in [6, 6.07) is 4.43. The number of ketones is 2. The third kappa shape index (κ3) is 3.30. The minimum Gasteiger partial charge on any atom is -0.507 e. The van der Waals surface area contributed by atoms with Crippen molar-refractivity contribution in [2.45, 2.75) is 37.3 Å². The molecule has 0 amide bonds. The fourth-order valence-electron chi connectivity index (χ4n) is 5.33. The lowest BCUT2D eigenvalue weighted by Crippen LogP contribution is -2.57. The van der Waals surface area contributed by atoms with Gasteiger partial charge >= 0.3 is 5.97 Å². The molecular weight excluding hydrogens is 472 g/mol. The number of methoxy groups -OCH3 is 1. The van der Waals surface area contributed by atoms with Gasteiger partial charge in [0.2, 0.25) is 0 Å². The number of benzene rings is 2. The van der Waals surface area contributed by atoms with E-state index in [2.05, 4.69) is 4.74 Å². The molecule has 3 aliphatic rings. The van der Waals surface area contributed by atoms with E-state index in [4.69, 9.17) is 9.47 Å². The number of aliphatic hydroxyl groups excluding tert-OH is 1. The summed E-state index contributed by atoms with van der Waals surface area (Å²) in [4.78, 5) is 38.7. The summed E-state index contributed by atoms with van der Waals surface area (Å²) in [7, 11) is 1.19. The van der Waals surface area contributed by atoms with Crippen molar-refractivity contribution in [3.63, 3.8) is 0 Å². The predicted molar refractivity (Wildman–Crippen MR) is 123 cm³/mol. The van der Waals surface area contributed by atoms with Crippen LogP contribution in [0.1, 0.15) is 68.0 Å². The van der Waals surface area contributed by atoms with Crippen molar-refractivity contribution in [1.29, 1.82) is 0 Å². The molecule has 0 saturated carbocycles. The monoisotopic (exact) mass is 496 g/mol. The zero-order chi connectivity index (χ0) is 26.0. The number of phenols is 2. The Morgan fingerprint density at radius 3 is 2.42 bits per heavy atom. The van der Waals surface area contributed by atoms with E-state index in [1.807, 2.05) is 0 Å². The number of esters is 1. The minimum atomic E-state index is -1.79. The maximum absolute atomic E-state index is 13.6. The van der Waals surface area contributed by atoms with Crippen LogP contribution in [0.2, 0.25) is 0 Å². The van der Waals surface area contributed by atoms with Crippen LogP contribution in [0.3, 0.4) is 0 Å². The van der Waals surface area contributed by atoms with Crippen molar-refractivity contribution in [2.75, 3.05) is 20.3 Å². The van der Waals surface area contributed by atoms with E-state index in [0.29, 0.717) is 0 Å². The maximum atomic E-state index is 13.6. The summed E-state index contributed by atoms with van der Waals surface area (Å²) in [6.45, 7) is 1.96. The first-order valence-electron chi connectivity index (χ1n) is 11.3. The highest BCUT2D eigenvalue weighted by Crippen LogP contribution is 2.53. The van der Waals surface area contributed by atoms with Gasteiger partial charge in [-0.05, 0) is 18.6 Å². The maximum Gasteiger partial charge on any atom is 0.330 e. The predicted octanol–water partition coefficient (Wildman–Crippen LogP) is 1.53. The van der Waals surface area contributed by atoms with Gasteiger partial charge in [-0.15, -0.1) is 0 Å². The van der Waals surface area contributed by atoms with Crippen LogP contribution in [-0.2, 0) is 25.4 Å². The van der Waals surface area contributed by atoms with Crippen molar-refractivity contribution < 1.29 is 49.0 Å². The summed E-state index contributed by atoms with van der Waals surface area (Å²) in [5, 5.41) is 44.7. The molecule has 10 nitrogen and oxygen atoms in total. The second kappa shape index (κ2) is 8.24. The van der Waals surface area contributed by atoms with Gasteiger partial charge in [0.25, 0.3) is 0 Å². The smallest absolute Gasteiger partial charge is 0.330 e. The molecule has 10 heteroatoms. The number of aromatic hydroxyl groups is 2. The summed E-state index contributed by atoms with van der Waals surface area (Å²) in [6.07, 6.45) is 0.282. The van der Waals surface area contributed by atoms with E-state index < -0.39 is 57.7 Å². The number of carbonyl (C=O) groups excluding carboxylic acids is 3. The van der Waals surface area contributed by atoms with E-state index in [9.17, 15) is 34.8 Å². The fraction of sp³-hybridized carbons (Fsp3) is 0.346. The molecule has 4 N–H and O–H groups in total. The number of phenolic OH excluding ortho intramolecular Hbond substituents is 2. The van der Waals surface area contributed by atoms with Gasteiger partial charge in [-0.25, -0.2) is 4.79 Å². The number of carbonyl (C=O) groups is 3. The van der Waals surface area contributed by atoms with Gasteiger partial charge in [0.1, 0.15) is 17.1 Å². The van der Waals surface area contributed by atoms with Crippen LogP contribution in [0.5, 0.6) is 11.5 Å². The SMILES string of the molecule is COC(=O)/C=C/c1cccc2c1C(=O)c1c(O)c3c(c(O)c1C2=O)C[C@@](O)(C1(C)OCCO1)C[C@@H]3O. The number of hydrogen-bond donors (Lipinski definition) is 4. The average molecular weight is 496 g/mol. The van der Waals surface area contributed by atoms with E-state index in [-0.39, 0.29) is 53.9 Å². The molecule has 1 fully saturated rings. The standard InChI is InChI=1S/C26H24O10/c1-25(35-8-9-36-25)26(33)10-14-18(15(27)11-26)24(32)20-19(22(14)30)21(29)13-5-3-4-12(17(13)23(20)31)6-7-16(28)34-2/h3-7,15,27,30,32-33H,8-11H2,1-2H3/b7-6+/t15-,26-/m0/s1. The average Bonchev–Trinajstić information content (AvgIpc) is 3.30. The first-order valence-corrected chi connectivity index (χ1v) is 11.3. The molecular formula is C26H24O10. The lowest BCUT2D eigenvalue weighted by molar-refractivity contribution is -0.269. The van der Waals surface area contributed by atoms with E-state index in [0.717, 1.165) is 6.08 Å². The largest absolute Gasteiger partial charge is 0.507 e. The van der Waals surface area contributed by atoms with Gasteiger partial charge in [0.15, 0.2) is 17.4 Å². The molecule has 2 aromatic rings.